The molecular weight excluding hydrogens is 251 g/mol. The standard InChI is InChI=1S/C17H27FN2/c1-12-6-7-15(18)8-14(12)10-20-11-16(17(3,4)5)19-9-13(20)2/h6-8,13,16,19H,9-11H2,1-5H3. The molecular formula is C17H27FN2. The van der Waals surface area contributed by atoms with Gasteiger partial charge in [0.15, 0.2) is 0 Å². The first-order valence-corrected chi connectivity index (χ1v) is 7.50. The molecule has 0 aromatic heterocycles. The fraction of sp³-hybridized carbons (Fsp3) is 0.647. The summed E-state index contributed by atoms with van der Waals surface area (Å²) in [5.74, 6) is -0.138. The molecule has 1 N–H and O–H groups in total. The summed E-state index contributed by atoms with van der Waals surface area (Å²) in [5.41, 5.74) is 2.52. The molecule has 0 aliphatic carbocycles. The summed E-state index contributed by atoms with van der Waals surface area (Å²) >= 11 is 0. The summed E-state index contributed by atoms with van der Waals surface area (Å²) in [6.07, 6.45) is 0. The molecule has 2 unspecified atom stereocenters. The zero-order valence-corrected chi connectivity index (χ0v) is 13.3. The van der Waals surface area contributed by atoms with Crippen LogP contribution in [0.4, 0.5) is 4.39 Å². The number of rotatable bonds is 2. The number of hydrogen-bond donors (Lipinski definition) is 1. The van der Waals surface area contributed by atoms with E-state index < -0.39 is 0 Å². The Hall–Kier alpha value is -0.930. The highest BCUT2D eigenvalue weighted by Gasteiger charge is 2.32. The fourth-order valence-corrected chi connectivity index (χ4v) is 2.75. The molecule has 1 heterocycles. The van der Waals surface area contributed by atoms with Crippen LogP contribution in [0.25, 0.3) is 0 Å². The minimum absolute atomic E-state index is 0.138. The molecule has 1 saturated heterocycles. The maximum absolute atomic E-state index is 13.4. The third-order valence-electron chi connectivity index (χ3n) is 4.43. The third-order valence-corrected chi connectivity index (χ3v) is 4.43. The van der Waals surface area contributed by atoms with Gasteiger partial charge in [-0.1, -0.05) is 26.8 Å². The van der Waals surface area contributed by atoms with Gasteiger partial charge in [0.05, 0.1) is 0 Å². The molecule has 1 aromatic rings. The molecule has 112 valence electrons. The van der Waals surface area contributed by atoms with Crippen molar-refractivity contribution in [2.75, 3.05) is 13.1 Å². The average molecular weight is 278 g/mol. The lowest BCUT2D eigenvalue weighted by atomic mass is 9.84. The Morgan fingerprint density at radius 2 is 2.05 bits per heavy atom. The van der Waals surface area contributed by atoms with Crippen LogP contribution < -0.4 is 5.32 Å². The van der Waals surface area contributed by atoms with E-state index in [-0.39, 0.29) is 11.2 Å². The SMILES string of the molecule is Cc1ccc(F)cc1CN1CC(C(C)(C)C)NCC1C. The van der Waals surface area contributed by atoms with E-state index in [2.05, 4.69) is 44.8 Å². The van der Waals surface area contributed by atoms with Gasteiger partial charge in [-0.2, -0.15) is 0 Å². The highest BCUT2D eigenvalue weighted by Crippen LogP contribution is 2.25. The van der Waals surface area contributed by atoms with Crippen molar-refractivity contribution in [2.24, 2.45) is 5.41 Å². The summed E-state index contributed by atoms with van der Waals surface area (Å²) in [6, 6.07) is 6.05. The van der Waals surface area contributed by atoms with E-state index >= 15 is 0 Å². The Bertz CT molecular complexity index is 465. The molecule has 0 saturated carbocycles. The van der Waals surface area contributed by atoms with Crippen molar-refractivity contribution in [3.05, 3.63) is 35.1 Å². The van der Waals surface area contributed by atoms with Gasteiger partial charge in [0.25, 0.3) is 0 Å². The Balaban J connectivity index is 2.12. The van der Waals surface area contributed by atoms with Crippen molar-refractivity contribution >= 4 is 0 Å². The van der Waals surface area contributed by atoms with Crippen molar-refractivity contribution in [3.8, 4) is 0 Å². The average Bonchev–Trinajstić information content (AvgIpc) is 2.35. The van der Waals surface area contributed by atoms with Crippen LogP contribution in [0.1, 0.15) is 38.8 Å². The maximum atomic E-state index is 13.4. The summed E-state index contributed by atoms with van der Waals surface area (Å²) in [7, 11) is 0. The lowest BCUT2D eigenvalue weighted by Gasteiger charge is -2.44. The molecule has 0 bridgehead atoms. The summed E-state index contributed by atoms with van der Waals surface area (Å²) in [6.45, 7) is 13.9. The molecule has 20 heavy (non-hydrogen) atoms. The van der Waals surface area contributed by atoms with Gasteiger partial charge in [0.1, 0.15) is 5.82 Å². The largest absolute Gasteiger partial charge is 0.311 e. The number of benzene rings is 1. The normalized spacial score (nSPS) is 24.9. The summed E-state index contributed by atoms with van der Waals surface area (Å²) in [4.78, 5) is 2.47. The summed E-state index contributed by atoms with van der Waals surface area (Å²) in [5, 5.41) is 3.63. The van der Waals surface area contributed by atoms with Gasteiger partial charge in [-0.15, -0.1) is 0 Å². The van der Waals surface area contributed by atoms with Gasteiger partial charge < -0.3 is 5.32 Å². The van der Waals surface area contributed by atoms with Crippen LogP contribution in [0.2, 0.25) is 0 Å². The molecule has 0 amide bonds. The minimum Gasteiger partial charge on any atom is -0.311 e. The first kappa shape index (κ1) is 15.5. The Morgan fingerprint density at radius 1 is 1.35 bits per heavy atom. The van der Waals surface area contributed by atoms with Gasteiger partial charge in [0, 0.05) is 31.7 Å². The lowest BCUT2D eigenvalue weighted by molar-refractivity contribution is 0.0875. The van der Waals surface area contributed by atoms with Crippen molar-refractivity contribution in [2.45, 2.75) is 53.2 Å². The van der Waals surface area contributed by atoms with E-state index in [4.69, 9.17) is 0 Å². The molecule has 2 rings (SSSR count). The Morgan fingerprint density at radius 3 is 2.70 bits per heavy atom. The van der Waals surface area contributed by atoms with Gasteiger partial charge in [-0.25, -0.2) is 4.39 Å². The quantitative estimate of drug-likeness (QED) is 0.892. The Labute approximate surface area is 122 Å². The lowest BCUT2D eigenvalue weighted by Crippen LogP contribution is -2.59. The van der Waals surface area contributed by atoms with Gasteiger partial charge in [-0.3, -0.25) is 4.90 Å². The van der Waals surface area contributed by atoms with E-state index in [9.17, 15) is 4.39 Å². The van der Waals surface area contributed by atoms with Crippen LogP contribution in [-0.4, -0.2) is 30.1 Å². The van der Waals surface area contributed by atoms with Crippen molar-refractivity contribution in [3.63, 3.8) is 0 Å². The number of piperazine rings is 1. The molecule has 2 nitrogen and oxygen atoms in total. The van der Waals surface area contributed by atoms with Crippen LogP contribution in [0.15, 0.2) is 18.2 Å². The van der Waals surface area contributed by atoms with Crippen LogP contribution in [0, 0.1) is 18.2 Å². The van der Waals surface area contributed by atoms with Gasteiger partial charge in [0.2, 0.25) is 0 Å². The van der Waals surface area contributed by atoms with Crippen molar-refractivity contribution in [1.29, 1.82) is 0 Å². The first-order chi connectivity index (χ1) is 9.27. The Kier molecular flexibility index (Phi) is 4.50. The van der Waals surface area contributed by atoms with Gasteiger partial charge in [-0.05, 0) is 42.5 Å². The predicted molar refractivity (Wildman–Crippen MR) is 82.3 cm³/mol. The van der Waals surface area contributed by atoms with E-state index in [0.717, 1.165) is 25.2 Å². The monoisotopic (exact) mass is 278 g/mol. The second-order valence-corrected chi connectivity index (χ2v) is 7.18. The first-order valence-electron chi connectivity index (χ1n) is 7.50. The topological polar surface area (TPSA) is 15.3 Å². The van der Waals surface area contributed by atoms with Crippen LogP contribution in [0.5, 0.6) is 0 Å². The number of nitrogens with one attached hydrogen (secondary N) is 1. The molecule has 1 aliphatic heterocycles. The zero-order chi connectivity index (χ0) is 14.9. The highest BCUT2D eigenvalue weighted by atomic mass is 19.1. The molecule has 2 atom stereocenters. The van der Waals surface area contributed by atoms with E-state index in [1.54, 1.807) is 6.07 Å². The highest BCUT2D eigenvalue weighted by molar-refractivity contribution is 5.26. The van der Waals surface area contributed by atoms with Crippen molar-refractivity contribution < 1.29 is 4.39 Å². The second-order valence-electron chi connectivity index (χ2n) is 7.18. The van der Waals surface area contributed by atoms with E-state index in [1.807, 2.05) is 6.07 Å². The fourth-order valence-electron chi connectivity index (χ4n) is 2.75. The third kappa shape index (κ3) is 3.58. The number of aryl methyl sites for hydroxylation is 1. The second kappa shape index (κ2) is 5.82. The summed E-state index contributed by atoms with van der Waals surface area (Å²) < 4.78 is 13.4. The predicted octanol–water partition coefficient (Wildman–Crippen LogP) is 3.34. The van der Waals surface area contributed by atoms with Gasteiger partial charge >= 0.3 is 0 Å². The maximum Gasteiger partial charge on any atom is 0.123 e. The van der Waals surface area contributed by atoms with Crippen LogP contribution in [-0.2, 0) is 6.54 Å². The van der Waals surface area contributed by atoms with Crippen LogP contribution >= 0.6 is 0 Å². The molecule has 1 aromatic carbocycles. The number of nitrogens with zero attached hydrogens (tertiary/aromatic N) is 1. The molecule has 1 fully saturated rings. The van der Waals surface area contributed by atoms with E-state index in [0.29, 0.717) is 12.1 Å². The molecule has 1 aliphatic rings. The van der Waals surface area contributed by atoms with Crippen LogP contribution in [0.3, 0.4) is 0 Å². The smallest absolute Gasteiger partial charge is 0.123 e. The number of hydrogen-bond acceptors (Lipinski definition) is 2. The molecule has 3 heteroatoms. The molecule has 0 spiro atoms. The van der Waals surface area contributed by atoms with Crippen molar-refractivity contribution in [1.82, 2.24) is 10.2 Å². The number of halogens is 1. The minimum atomic E-state index is -0.138. The molecule has 0 radical (unpaired) electrons. The van der Waals surface area contributed by atoms with E-state index in [1.165, 1.54) is 11.6 Å². The zero-order valence-electron chi connectivity index (χ0n) is 13.3.